The van der Waals surface area contributed by atoms with Crippen LogP contribution in [0.1, 0.15) is 37.0 Å². The van der Waals surface area contributed by atoms with E-state index in [-0.39, 0.29) is 30.9 Å². The molecule has 3 aromatic rings. The molecule has 0 aliphatic rings. The maximum absolute atomic E-state index is 14.1. The third-order valence-electron chi connectivity index (χ3n) is 5.93. The Balaban J connectivity index is 1.91. The summed E-state index contributed by atoms with van der Waals surface area (Å²) in [5, 5.41) is 3.03. The molecule has 0 spiro atoms. The average molecular weight is 477 g/mol. The molecule has 0 bridgehead atoms. The molecule has 35 heavy (non-hydrogen) atoms. The standard InChI is InChI=1S/C29H33FN2O3/c1-4-22(3)31-29(34)26(18-23-10-6-5-7-11-23)32(19-24-16-14-21(2)15-17-24)28(33)20-35-27-13-9-8-12-25(27)30/h5-17,22,26H,4,18-20H2,1-3H3,(H,31,34)/t22-,26+/m1/s1. The van der Waals surface area contributed by atoms with Crippen LogP contribution in [0.2, 0.25) is 0 Å². The summed E-state index contributed by atoms with van der Waals surface area (Å²) < 4.78 is 19.6. The SMILES string of the molecule is CC[C@@H](C)NC(=O)[C@H](Cc1ccccc1)N(Cc1ccc(C)cc1)C(=O)COc1ccccc1F. The first kappa shape index (κ1) is 25.9. The van der Waals surface area contributed by atoms with Crippen LogP contribution in [0.25, 0.3) is 0 Å². The Morgan fingerprint density at radius 1 is 0.943 bits per heavy atom. The molecule has 3 rings (SSSR count). The van der Waals surface area contributed by atoms with Gasteiger partial charge in [0.25, 0.3) is 5.91 Å². The van der Waals surface area contributed by atoms with Crippen LogP contribution in [-0.4, -0.2) is 35.4 Å². The second kappa shape index (κ2) is 12.7. The van der Waals surface area contributed by atoms with Crippen LogP contribution in [0, 0.1) is 12.7 Å². The molecule has 1 N–H and O–H groups in total. The van der Waals surface area contributed by atoms with Gasteiger partial charge >= 0.3 is 0 Å². The lowest BCUT2D eigenvalue weighted by Gasteiger charge is -2.32. The Bertz CT molecular complexity index is 1100. The number of amides is 2. The fourth-order valence-electron chi connectivity index (χ4n) is 3.67. The minimum absolute atomic E-state index is 0.000183. The summed E-state index contributed by atoms with van der Waals surface area (Å²) in [6.07, 6.45) is 1.12. The van der Waals surface area contributed by atoms with Crippen molar-refractivity contribution in [2.45, 2.75) is 52.2 Å². The first-order valence-electron chi connectivity index (χ1n) is 11.9. The zero-order chi connectivity index (χ0) is 25.2. The maximum Gasteiger partial charge on any atom is 0.261 e. The number of aryl methyl sites for hydroxylation is 1. The van der Waals surface area contributed by atoms with Crippen LogP contribution in [0.5, 0.6) is 5.75 Å². The van der Waals surface area contributed by atoms with Crippen LogP contribution < -0.4 is 10.1 Å². The van der Waals surface area contributed by atoms with Crippen molar-refractivity contribution in [1.82, 2.24) is 10.2 Å². The third kappa shape index (κ3) is 7.67. The highest BCUT2D eigenvalue weighted by Crippen LogP contribution is 2.18. The molecule has 0 aliphatic heterocycles. The van der Waals surface area contributed by atoms with Crippen molar-refractivity contribution in [3.63, 3.8) is 0 Å². The van der Waals surface area contributed by atoms with E-state index >= 15 is 0 Å². The normalized spacial score (nSPS) is 12.5. The molecule has 2 atom stereocenters. The zero-order valence-corrected chi connectivity index (χ0v) is 20.5. The fraction of sp³-hybridized carbons (Fsp3) is 0.310. The average Bonchev–Trinajstić information content (AvgIpc) is 2.87. The van der Waals surface area contributed by atoms with Gasteiger partial charge in [-0.3, -0.25) is 9.59 Å². The van der Waals surface area contributed by atoms with Crippen molar-refractivity contribution < 1.29 is 18.7 Å². The zero-order valence-electron chi connectivity index (χ0n) is 20.5. The van der Waals surface area contributed by atoms with Gasteiger partial charge in [-0.2, -0.15) is 0 Å². The van der Waals surface area contributed by atoms with Crippen LogP contribution in [0.3, 0.4) is 0 Å². The Labute approximate surface area is 206 Å². The smallest absolute Gasteiger partial charge is 0.261 e. The number of para-hydroxylation sites is 1. The van der Waals surface area contributed by atoms with Gasteiger partial charge < -0.3 is 15.0 Å². The molecular weight excluding hydrogens is 443 g/mol. The van der Waals surface area contributed by atoms with Crippen molar-refractivity contribution in [1.29, 1.82) is 0 Å². The van der Waals surface area contributed by atoms with E-state index in [2.05, 4.69) is 5.32 Å². The molecule has 184 valence electrons. The predicted molar refractivity (Wildman–Crippen MR) is 135 cm³/mol. The molecule has 5 nitrogen and oxygen atoms in total. The van der Waals surface area contributed by atoms with Gasteiger partial charge in [0.15, 0.2) is 18.2 Å². The lowest BCUT2D eigenvalue weighted by molar-refractivity contribution is -0.143. The van der Waals surface area contributed by atoms with Crippen molar-refractivity contribution in [3.05, 3.63) is 101 Å². The summed E-state index contributed by atoms with van der Waals surface area (Å²) in [5.74, 6) is -1.16. The number of hydrogen-bond acceptors (Lipinski definition) is 3. The van der Waals surface area contributed by atoms with Gasteiger partial charge in [-0.05, 0) is 43.5 Å². The van der Waals surface area contributed by atoms with E-state index in [0.717, 1.165) is 23.1 Å². The number of hydrogen-bond donors (Lipinski definition) is 1. The number of benzene rings is 3. The second-order valence-electron chi connectivity index (χ2n) is 8.75. The van der Waals surface area contributed by atoms with Crippen LogP contribution in [-0.2, 0) is 22.6 Å². The topological polar surface area (TPSA) is 58.6 Å². The van der Waals surface area contributed by atoms with E-state index in [9.17, 15) is 14.0 Å². The molecule has 0 unspecified atom stereocenters. The number of carbonyl (C=O) groups is 2. The Morgan fingerprint density at radius 3 is 2.26 bits per heavy atom. The van der Waals surface area contributed by atoms with Crippen molar-refractivity contribution in [2.75, 3.05) is 6.61 Å². The number of rotatable bonds is 11. The lowest BCUT2D eigenvalue weighted by atomic mass is 10.0. The molecule has 0 heterocycles. The summed E-state index contributed by atoms with van der Waals surface area (Å²) >= 11 is 0. The molecule has 0 saturated heterocycles. The molecule has 2 amide bonds. The summed E-state index contributed by atoms with van der Waals surface area (Å²) in [4.78, 5) is 28.5. The number of carbonyl (C=O) groups excluding carboxylic acids is 2. The highest BCUT2D eigenvalue weighted by molar-refractivity contribution is 5.88. The van der Waals surface area contributed by atoms with Gasteiger partial charge in [0.1, 0.15) is 6.04 Å². The third-order valence-corrected chi connectivity index (χ3v) is 5.93. The molecule has 0 saturated carbocycles. The summed E-state index contributed by atoms with van der Waals surface area (Å²) in [5.41, 5.74) is 2.93. The summed E-state index contributed by atoms with van der Waals surface area (Å²) in [6.45, 7) is 5.77. The van der Waals surface area contributed by atoms with Gasteiger partial charge in [-0.1, -0.05) is 79.2 Å². The molecule has 0 fully saturated rings. The summed E-state index contributed by atoms with van der Waals surface area (Å²) in [7, 11) is 0. The Morgan fingerprint density at radius 2 is 1.60 bits per heavy atom. The second-order valence-corrected chi connectivity index (χ2v) is 8.75. The van der Waals surface area contributed by atoms with E-state index in [1.165, 1.54) is 17.0 Å². The van der Waals surface area contributed by atoms with Crippen molar-refractivity contribution >= 4 is 11.8 Å². The summed E-state index contributed by atoms with van der Waals surface area (Å²) in [6, 6.07) is 22.6. The first-order valence-corrected chi connectivity index (χ1v) is 11.9. The number of nitrogens with zero attached hydrogens (tertiary/aromatic N) is 1. The Hall–Kier alpha value is -3.67. The minimum Gasteiger partial charge on any atom is -0.481 e. The van der Waals surface area contributed by atoms with E-state index < -0.39 is 17.8 Å². The van der Waals surface area contributed by atoms with E-state index in [1.807, 2.05) is 75.4 Å². The lowest BCUT2D eigenvalue weighted by Crippen LogP contribution is -2.53. The number of ether oxygens (including phenoxy) is 1. The van der Waals surface area contributed by atoms with Gasteiger partial charge in [-0.25, -0.2) is 4.39 Å². The monoisotopic (exact) mass is 476 g/mol. The highest BCUT2D eigenvalue weighted by atomic mass is 19.1. The van der Waals surface area contributed by atoms with E-state index in [0.29, 0.717) is 6.42 Å². The first-order chi connectivity index (χ1) is 16.9. The number of nitrogens with one attached hydrogen (secondary N) is 1. The van der Waals surface area contributed by atoms with E-state index in [1.54, 1.807) is 12.1 Å². The fourth-order valence-corrected chi connectivity index (χ4v) is 3.67. The molecule has 6 heteroatoms. The quantitative estimate of drug-likeness (QED) is 0.421. The van der Waals surface area contributed by atoms with Crippen molar-refractivity contribution in [3.8, 4) is 5.75 Å². The van der Waals surface area contributed by atoms with Crippen LogP contribution >= 0.6 is 0 Å². The minimum atomic E-state index is -0.760. The molecule has 0 aromatic heterocycles. The highest BCUT2D eigenvalue weighted by Gasteiger charge is 2.31. The van der Waals surface area contributed by atoms with Crippen molar-refractivity contribution in [2.24, 2.45) is 0 Å². The molecular formula is C29H33FN2O3. The van der Waals surface area contributed by atoms with Crippen LogP contribution in [0.4, 0.5) is 4.39 Å². The largest absolute Gasteiger partial charge is 0.481 e. The molecule has 0 aliphatic carbocycles. The Kier molecular flexibility index (Phi) is 9.41. The van der Waals surface area contributed by atoms with Crippen LogP contribution in [0.15, 0.2) is 78.9 Å². The molecule has 3 aromatic carbocycles. The van der Waals surface area contributed by atoms with Gasteiger partial charge in [0.05, 0.1) is 0 Å². The molecule has 0 radical (unpaired) electrons. The van der Waals surface area contributed by atoms with Gasteiger partial charge in [0.2, 0.25) is 5.91 Å². The maximum atomic E-state index is 14.1. The van der Waals surface area contributed by atoms with Gasteiger partial charge in [-0.15, -0.1) is 0 Å². The van der Waals surface area contributed by atoms with E-state index in [4.69, 9.17) is 4.74 Å². The predicted octanol–water partition coefficient (Wildman–Crippen LogP) is 5.07. The van der Waals surface area contributed by atoms with Gasteiger partial charge in [0, 0.05) is 19.0 Å². The number of halogens is 1.